The first-order valence-electron chi connectivity index (χ1n) is 8.80. The van der Waals surface area contributed by atoms with E-state index in [1.165, 1.54) is 12.1 Å². The molecule has 3 aromatic carbocycles. The summed E-state index contributed by atoms with van der Waals surface area (Å²) in [4.78, 5) is 10.9. The van der Waals surface area contributed by atoms with Crippen LogP contribution in [0.3, 0.4) is 0 Å². The number of nitriles is 1. The first-order valence-corrected chi connectivity index (χ1v) is 10.3. The Morgan fingerprint density at radius 3 is 2.16 bits per heavy atom. The van der Waals surface area contributed by atoms with E-state index in [-0.39, 0.29) is 28.0 Å². The van der Waals surface area contributed by atoms with E-state index < -0.39 is 5.97 Å². The molecule has 0 saturated heterocycles. The fourth-order valence-corrected chi connectivity index (χ4v) is 3.87. The smallest absolute Gasteiger partial charge is 0.335 e. The molecule has 3 aromatic rings. The van der Waals surface area contributed by atoms with Crippen LogP contribution in [0.1, 0.15) is 27.0 Å². The fraction of sp³-hybridized carbons (Fsp3) is 0.0435. The van der Waals surface area contributed by atoms with E-state index >= 15 is 0 Å². The van der Waals surface area contributed by atoms with Crippen molar-refractivity contribution in [2.24, 2.45) is 0 Å². The molecule has 8 heteroatoms. The molecule has 0 spiro atoms. The van der Waals surface area contributed by atoms with Crippen molar-refractivity contribution in [1.82, 2.24) is 0 Å². The van der Waals surface area contributed by atoms with E-state index in [0.717, 1.165) is 5.56 Å². The van der Waals surface area contributed by atoms with Crippen LogP contribution in [-0.2, 0) is 6.61 Å². The molecule has 1 N–H and O–H groups in total. The van der Waals surface area contributed by atoms with Gasteiger partial charge in [-0.2, -0.15) is 5.26 Å². The molecule has 0 aliphatic carbocycles. The third-order valence-electron chi connectivity index (χ3n) is 4.26. The van der Waals surface area contributed by atoms with Crippen molar-refractivity contribution in [3.63, 3.8) is 0 Å². The highest BCUT2D eigenvalue weighted by molar-refractivity contribution is 6.37. The second kappa shape index (κ2) is 10.1. The van der Waals surface area contributed by atoms with Gasteiger partial charge >= 0.3 is 5.97 Å². The second-order valence-electron chi connectivity index (χ2n) is 6.40. The Morgan fingerprint density at radius 1 is 0.968 bits per heavy atom. The molecule has 156 valence electrons. The molecule has 0 amide bonds. The average molecular weight is 493 g/mol. The highest BCUT2D eigenvalue weighted by Crippen LogP contribution is 2.36. The molecule has 0 bridgehead atoms. The first-order chi connectivity index (χ1) is 14.8. The minimum Gasteiger partial charge on any atom is -0.486 e. The number of carboxylic acids is 1. The number of hydrogen-bond acceptors (Lipinski definition) is 3. The second-order valence-corrected chi connectivity index (χ2v) is 8.06. The number of halogens is 4. The molecular weight excluding hydrogens is 480 g/mol. The van der Waals surface area contributed by atoms with Crippen molar-refractivity contribution >= 4 is 64.0 Å². The van der Waals surface area contributed by atoms with Crippen LogP contribution in [0.25, 0.3) is 11.6 Å². The van der Waals surface area contributed by atoms with Gasteiger partial charge in [-0.25, -0.2) is 4.79 Å². The van der Waals surface area contributed by atoms with Crippen LogP contribution in [0.15, 0.2) is 54.6 Å². The number of carboxylic acid groups (broad SMARTS) is 1. The third-order valence-corrected chi connectivity index (χ3v) is 5.37. The van der Waals surface area contributed by atoms with Crippen LogP contribution in [0, 0.1) is 11.3 Å². The Bertz CT molecular complexity index is 1190. The number of aromatic carboxylic acids is 1. The van der Waals surface area contributed by atoms with Gasteiger partial charge in [0.1, 0.15) is 6.61 Å². The molecule has 0 fully saturated rings. The van der Waals surface area contributed by atoms with Crippen molar-refractivity contribution in [3.8, 4) is 11.8 Å². The number of rotatable bonds is 6. The molecule has 0 atom stereocenters. The summed E-state index contributed by atoms with van der Waals surface area (Å²) in [6.07, 6.45) is 1.61. The van der Waals surface area contributed by atoms with Crippen LogP contribution in [-0.4, -0.2) is 11.1 Å². The lowest BCUT2D eigenvalue weighted by Crippen LogP contribution is -1.99. The zero-order valence-corrected chi connectivity index (χ0v) is 18.7. The van der Waals surface area contributed by atoms with Gasteiger partial charge in [0.2, 0.25) is 0 Å². The Balaban J connectivity index is 1.83. The minimum atomic E-state index is -1.00. The molecule has 4 nitrogen and oxygen atoms in total. The summed E-state index contributed by atoms with van der Waals surface area (Å²) in [6, 6.07) is 16.5. The highest BCUT2D eigenvalue weighted by atomic mass is 35.5. The summed E-state index contributed by atoms with van der Waals surface area (Å²) >= 11 is 24.8. The van der Waals surface area contributed by atoms with Gasteiger partial charge in [0.05, 0.1) is 32.3 Å². The number of ether oxygens (including phenoxy) is 1. The third kappa shape index (κ3) is 5.72. The van der Waals surface area contributed by atoms with E-state index in [2.05, 4.69) is 6.07 Å². The molecule has 0 unspecified atom stereocenters. The maximum absolute atomic E-state index is 10.9. The number of carbonyl (C=O) groups is 1. The van der Waals surface area contributed by atoms with E-state index in [1.54, 1.807) is 48.5 Å². The van der Waals surface area contributed by atoms with Crippen molar-refractivity contribution in [3.05, 3.63) is 96.9 Å². The van der Waals surface area contributed by atoms with Crippen molar-refractivity contribution in [2.45, 2.75) is 6.61 Å². The molecule has 0 aliphatic heterocycles. The predicted octanol–water partition coefficient (Wildman–Crippen LogP) is 7.64. The van der Waals surface area contributed by atoms with E-state index in [9.17, 15) is 10.1 Å². The van der Waals surface area contributed by atoms with Crippen LogP contribution in [0.4, 0.5) is 0 Å². The van der Waals surface area contributed by atoms with Gasteiger partial charge in [0.15, 0.2) is 5.75 Å². The number of nitrogens with zero attached hydrogens (tertiary/aromatic N) is 1. The summed E-state index contributed by atoms with van der Waals surface area (Å²) in [7, 11) is 0. The highest BCUT2D eigenvalue weighted by Gasteiger charge is 2.12. The standard InChI is InChI=1S/C23H13Cl4NO3/c24-17-5-6-18(19(25)10-17)16(11-28)7-14-8-20(26)22(21(27)9-14)31-12-13-1-3-15(4-2-13)23(29)30/h1-10H,12H2,(H,29,30)/b16-7+. The van der Waals surface area contributed by atoms with E-state index in [0.29, 0.717) is 26.7 Å². The van der Waals surface area contributed by atoms with Gasteiger partial charge in [0.25, 0.3) is 0 Å². The van der Waals surface area contributed by atoms with Crippen LogP contribution < -0.4 is 4.74 Å². The normalized spacial score (nSPS) is 11.1. The molecule has 31 heavy (non-hydrogen) atoms. The van der Waals surface area contributed by atoms with E-state index in [4.69, 9.17) is 56.2 Å². The Kier molecular flexibility index (Phi) is 7.48. The molecule has 0 radical (unpaired) electrons. The minimum absolute atomic E-state index is 0.151. The molecule has 3 rings (SSSR count). The lowest BCUT2D eigenvalue weighted by molar-refractivity contribution is 0.0697. The van der Waals surface area contributed by atoms with Crippen molar-refractivity contribution < 1.29 is 14.6 Å². The summed E-state index contributed by atoms with van der Waals surface area (Å²) in [5, 5.41) is 19.9. The van der Waals surface area contributed by atoms with Gasteiger partial charge in [-0.15, -0.1) is 0 Å². The van der Waals surface area contributed by atoms with Gasteiger partial charge in [-0.3, -0.25) is 0 Å². The quantitative estimate of drug-likeness (QED) is 0.283. The maximum Gasteiger partial charge on any atom is 0.335 e. The average Bonchev–Trinajstić information content (AvgIpc) is 2.72. The topological polar surface area (TPSA) is 70.3 Å². The van der Waals surface area contributed by atoms with E-state index in [1.807, 2.05) is 0 Å². The molecule has 0 heterocycles. The number of benzene rings is 3. The molecule has 0 saturated carbocycles. The molecular formula is C23H13Cl4NO3. The summed E-state index contributed by atoms with van der Waals surface area (Å²) in [5.41, 5.74) is 2.39. The zero-order chi connectivity index (χ0) is 22.5. The van der Waals surface area contributed by atoms with Gasteiger partial charge < -0.3 is 9.84 Å². The first kappa shape index (κ1) is 23.0. The van der Waals surface area contributed by atoms with Crippen LogP contribution in [0.2, 0.25) is 20.1 Å². The summed E-state index contributed by atoms with van der Waals surface area (Å²) in [6.45, 7) is 0.151. The predicted molar refractivity (Wildman–Crippen MR) is 124 cm³/mol. The summed E-state index contributed by atoms with van der Waals surface area (Å²) in [5.74, 6) is -0.718. The largest absolute Gasteiger partial charge is 0.486 e. The van der Waals surface area contributed by atoms with Crippen LogP contribution in [0.5, 0.6) is 5.75 Å². The SMILES string of the molecule is N#C/C(=C\c1cc(Cl)c(OCc2ccc(C(=O)O)cc2)c(Cl)c1)c1ccc(Cl)cc1Cl. The summed E-state index contributed by atoms with van der Waals surface area (Å²) < 4.78 is 5.72. The monoisotopic (exact) mass is 491 g/mol. The molecule has 0 aromatic heterocycles. The zero-order valence-electron chi connectivity index (χ0n) is 15.7. The van der Waals surface area contributed by atoms with Crippen LogP contribution >= 0.6 is 46.4 Å². The van der Waals surface area contributed by atoms with Crippen molar-refractivity contribution in [2.75, 3.05) is 0 Å². The molecule has 0 aliphatic rings. The Morgan fingerprint density at radius 2 is 1.61 bits per heavy atom. The van der Waals surface area contributed by atoms with Gasteiger partial charge in [-0.1, -0.05) is 64.6 Å². The van der Waals surface area contributed by atoms with Crippen molar-refractivity contribution in [1.29, 1.82) is 5.26 Å². The maximum atomic E-state index is 10.9. The van der Waals surface area contributed by atoms with Gasteiger partial charge in [-0.05, 0) is 53.6 Å². The lowest BCUT2D eigenvalue weighted by atomic mass is 10.0. The number of hydrogen-bond donors (Lipinski definition) is 1. The Labute approximate surface area is 198 Å². The number of allylic oxidation sites excluding steroid dienone is 1. The Hall–Kier alpha value is -2.68. The lowest BCUT2D eigenvalue weighted by Gasteiger charge is -2.11. The van der Waals surface area contributed by atoms with Gasteiger partial charge in [0, 0.05) is 10.6 Å². The fourth-order valence-electron chi connectivity index (χ4n) is 2.74.